The fourth-order valence-corrected chi connectivity index (χ4v) is 2.18. The SMILES string of the molecule is C#Cc1ccc(N2CCN(CCC)CC2)nc1. The van der Waals surface area contributed by atoms with E-state index in [-0.39, 0.29) is 0 Å². The molecule has 0 spiro atoms. The summed E-state index contributed by atoms with van der Waals surface area (Å²) in [5.41, 5.74) is 0.846. The van der Waals surface area contributed by atoms with Gasteiger partial charge in [-0.25, -0.2) is 4.98 Å². The van der Waals surface area contributed by atoms with Crippen LogP contribution in [0.15, 0.2) is 18.3 Å². The third kappa shape index (κ3) is 2.98. The molecule has 2 heterocycles. The molecule has 0 N–H and O–H groups in total. The number of terminal acetylenes is 1. The highest BCUT2D eigenvalue weighted by molar-refractivity contribution is 5.43. The van der Waals surface area contributed by atoms with Crippen LogP contribution in [0, 0.1) is 12.3 Å². The summed E-state index contributed by atoms with van der Waals surface area (Å²) in [5, 5.41) is 0. The van der Waals surface area contributed by atoms with Crippen LogP contribution >= 0.6 is 0 Å². The van der Waals surface area contributed by atoms with Crippen molar-refractivity contribution >= 4 is 5.82 Å². The Bertz CT molecular complexity index is 383. The second-order valence-electron chi connectivity index (χ2n) is 4.38. The maximum Gasteiger partial charge on any atom is 0.128 e. The molecule has 17 heavy (non-hydrogen) atoms. The van der Waals surface area contributed by atoms with Crippen LogP contribution in [0.2, 0.25) is 0 Å². The molecule has 1 fully saturated rings. The van der Waals surface area contributed by atoms with Crippen LogP contribution in [0.3, 0.4) is 0 Å². The summed E-state index contributed by atoms with van der Waals surface area (Å²) in [6.07, 6.45) is 8.32. The molecule has 0 aromatic carbocycles. The minimum Gasteiger partial charge on any atom is -0.354 e. The van der Waals surface area contributed by atoms with Crippen molar-refractivity contribution in [3.8, 4) is 12.3 Å². The van der Waals surface area contributed by atoms with E-state index in [1.807, 2.05) is 12.1 Å². The summed E-state index contributed by atoms with van der Waals surface area (Å²) in [6.45, 7) is 7.81. The second-order valence-corrected chi connectivity index (χ2v) is 4.38. The summed E-state index contributed by atoms with van der Waals surface area (Å²) in [7, 11) is 0. The van der Waals surface area contributed by atoms with Gasteiger partial charge in [0, 0.05) is 37.9 Å². The first-order chi connectivity index (χ1) is 8.33. The number of pyridine rings is 1. The van der Waals surface area contributed by atoms with Gasteiger partial charge in [-0.2, -0.15) is 0 Å². The van der Waals surface area contributed by atoms with Gasteiger partial charge in [-0.1, -0.05) is 12.8 Å². The lowest BCUT2D eigenvalue weighted by Crippen LogP contribution is -2.46. The largest absolute Gasteiger partial charge is 0.354 e. The van der Waals surface area contributed by atoms with E-state index < -0.39 is 0 Å². The predicted molar refractivity (Wildman–Crippen MR) is 71.1 cm³/mol. The molecule has 0 bridgehead atoms. The maximum absolute atomic E-state index is 5.32. The highest BCUT2D eigenvalue weighted by Gasteiger charge is 2.16. The Morgan fingerprint density at radius 2 is 2.06 bits per heavy atom. The highest BCUT2D eigenvalue weighted by atomic mass is 15.3. The molecule has 3 nitrogen and oxygen atoms in total. The average molecular weight is 229 g/mol. The molecule has 0 unspecified atom stereocenters. The molecule has 3 heteroatoms. The van der Waals surface area contributed by atoms with Crippen LogP contribution in [0.1, 0.15) is 18.9 Å². The summed E-state index contributed by atoms with van der Waals surface area (Å²) >= 11 is 0. The van der Waals surface area contributed by atoms with Crippen molar-refractivity contribution < 1.29 is 0 Å². The van der Waals surface area contributed by atoms with E-state index >= 15 is 0 Å². The number of anilines is 1. The van der Waals surface area contributed by atoms with Gasteiger partial charge in [-0.3, -0.25) is 4.90 Å². The molecule has 2 rings (SSSR count). The number of hydrogen-bond donors (Lipinski definition) is 0. The van der Waals surface area contributed by atoms with Gasteiger partial charge < -0.3 is 4.90 Å². The van der Waals surface area contributed by atoms with Gasteiger partial charge in [0.25, 0.3) is 0 Å². The Hall–Kier alpha value is -1.53. The normalized spacial score (nSPS) is 16.8. The molecule has 0 atom stereocenters. The first kappa shape index (κ1) is 11.9. The summed E-state index contributed by atoms with van der Waals surface area (Å²) < 4.78 is 0. The number of rotatable bonds is 3. The van der Waals surface area contributed by atoms with Gasteiger partial charge in [0.05, 0.1) is 0 Å². The topological polar surface area (TPSA) is 19.4 Å². The number of nitrogens with zero attached hydrogens (tertiary/aromatic N) is 3. The lowest BCUT2D eigenvalue weighted by molar-refractivity contribution is 0.258. The van der Waals surface area contributed by atoms with Gasteiger partial charge in [0.1, 0.15) is 5.82 Å². The Morgan fingerprint density at radius 3 is 2.59 bits per heavy atom. The van der Waals surface area contributed by atoms with Crippen LogP contribution in [0.4, 0.5) is 5.82 Å². The monoisotopic (exact) mass is 229 g/mol. The van der Waals surface area contributed by atoms with E-state index in [0.717, 1.165) is 37.6 Å². The molecule has 1 aliphatic heterocycles. The zero-order chi connectivity index (χ0) is 12.1. The molecule has 0 saturated carbocycles. The fourth-order valence-electron chi connectivity index (χ4n) is 2.18. The minimum absolute atomic E-state index is 0.846. The second kappa shape index (κ2) is 5.70. The highest BCUT2D eigenvalue weighted by Crippen LogP contribution is 2.13. The maximum atomic E-state index is 5.32. The van der Waals surface area contributed by atoms with E-state index in [9.17, 15) is 0 Å². The molecule has 1 saturated heterocycles. The van der Waals surface area contributed by atoms with E-state index in [1.54, 1.807) is 6.20 Å². The molecule has 0 amide bonds. The van der Waals surface area contributed by atoms with Crippen LogP contribution in [-0.2, 0) is 0 Å². The van der Waals surface area contributed by atoms with Crippen LogP contribution in [0.5, 0.6) is 0 Å². The van der Waals surface area contributed by atoms with Crippen molar-refractivity contribution in [3.05, 3.63) is 23.9 Å². The van der Waals surface area contributed by atoms with Crippen molar-refractivity contribution in [2.24, 2.45) is 0 Å². The van der Waals surface area contributed by atoms with E-state index in [4.69, 9.17) is 6.42 Å². The smallest absolute Gasteiger partial charge is 0.128 e. The van der Waals surface area contributed by atoms with Gasteiger partial charge in [0.15, 0.2) is 0 Å². The Kier molecular flexibility index (Phi) is 4.00. The molecule has 0 aliphatic carbocycles. The third-order valence-corrected chi connectivity index (χ3v) is 3.15. The Morgan fingerprint density at radius 1 is 1.29 bits per heavy atom. The molecule has 90 valence electrons. The average Bonchev–Trinajstić information content (AvgIpc) is 2.40. The molecular weight excluding hydrogens is 210 g/mol. The van der Waals surface area contributed by atoms with E-state index in [1.165, 1.54) is 13.0 Å². The quantitative estimate of drug-likeness (QED) is 0.734. The Balaban J connectivity index is 1.94. The van der Waals surface area contributed by atoms with Gasteiger partial charge in [-0.15, -0.1) is 6.42 Å². The molecule has 0 radical (unpaired) electrons. The number of hydrogen-bond acceptors (Lipinski definition) is 3. The van der Waals surface area contributed by atoms with Crippen molar-refractivity contribution in [1.82, 2.24) is 9.88 Å². The van der Waals surface area contributed by atoms with Gasteiger partial charge in [0.2, 0.25) is 0 Å². The standard InChI is InChI=1S/C14H19N3/c1-3-7-16-8-10-17(11-9-16)14-6-5-13(4-2)12-15-14/h2,5-6,12H,3,7-11H2,1H3. The van der Waals surface area contributed by atoms with E-state index in [0.29, 0.717) is 0 Å². The first-order valence-electron chi connectivity index (χ1n) is 6.23. The lowest BCUT2D eigenvalue weighted by Gasteiger charge is -2.35. The summed E-state index contributed by atoms with van der Waals surface area (Å²) in [5.74, 6) is 3.63. The Labute approximate surface area is 103 Å². The van der Waals surface area contributed by atoms with Crippen LogP contribution in [0.25, 0.3) is 0 Å². The molecule has 1 aromatic rings. The third-order valence-electron chi connectivity index (χ3n) is 3.15. The van der Waals surface area contributed by atoms with Crippen molar-refractivity contribution in [2.45, 2.75) is 13.3 Å². The zero-order valence-electron chi connectivity index (χ0n) is 10.4. The predicted octanol–water partition coefficient (Wildman–Crippen LogP) is 1.59. The van der Waals surface area contributed by atoms with Crippen LogP contribution in [-0.4, -0.2) is 42.6 Å². The van der Waals surface area contributed by atoms with Crippen molar-refractivity contribution in [3.63, 3.8) is 0 Å². The first-order valence-corrected chi connectivity index (χ1v) is 6.23. The van der Waals surface area contributed by atoms with Crippen molar-refractivity contribution in [1.29, 1.82) is 0 Å². The molecular formula is C14H19N3. The summed E-state index contributed by atoms with van der Waals surface area (Å²) in [6, 6.07) is 3.98. The summed E-state index contributed by atoms with van der Waals surface area (Å²) in [4.78, 5) is 9.24. The number of piperazine rings is 1. The van der Waals surface area contributed by atoms with Crippen molar-refractivity contribution in [2.75, 3.05) is 37.6 Å². The molecule has 1 aromatic heterocycles. The number of aromatic nitrogens is 1. The minimum atomic E-state index is 0.846. The van der Waals surface area contributed by atoms with Crippen LogP contribution < -0.4 is 4.90 Å². The fraction of sp³-hybridized carbons (Fsp3) is 0.500. The zero-order valence-corrected chi connectivity index (χ0v) is 10.4. The van der Waals surface area contributed by atoms with Gasteiger partial charge in [-0.05, 0) is 25.1 Å². The molecule has 1 aliphatic rings. The van der Waals surface area contributed by atoms with Gasteiger partial charge >= 0.3 is 0 Å². The van der Waals surface area contributed by atoms with E-state index in [2.05, 4.69) is 27.6 Å². The lowest BCUT2D eigenvalue weighted by atomic mass is 10.2.